The second-order valence-corrected chi connectivity index (χ2v) is 11.4. The van der Waals surface area contributed by atoms with Crippen LogP contribution in [0.3, 0.4) is 0 Å². The van der Waals surface area contributed by atoms with Gasteiger partial charge in [0.05, 0.1) is 20.9 Å². The number of anilines is 1. The van der Waals surface area contributed by atoms with Gasteiger partial charge in [-0.05, 0) is 48.7 Å². The lowest BCUT2D eigenvalue weighted by molar-refractivity contribution is 0.532. The number of fused-ring (bicyclic) bond motifs is 2. The first-order chi connectivity index (χ1) is 16.9. The highest BCUT2D eigenvalue weighted by Gasteiger charge is 2.25. The van der Waals surface area contributed by atoms with Crippen LogP contribution in [0.5, 0.6) is 0 Å². The quantitative estimate of drug-likeness (QED) is 0.297. The molecule has 2 aromatic carbocycles. The molecule has 1 aliphatic rings. The molecule has 1 aliphatic carbocycles. The molecule has 2 N–H and O–H groups in total. The van der Waals surface area contributed by atoms with Crippen LogP contribution in [0.25, 0.3) is 33.1 Å². The molecule has 1 fully saturated rings. The monoisotopic (exact) mass is 525 g/mol. The Morgan fingerprint density at radius 3 is 2.63 bits per heavy atom. The number of nitrogen functional groups attached to an aromatic ring is 1. The van der Waals surface area contributed by atoms with E-state index in [-0.39, 0.29) is 14.9 Å². The van der Waals surface area contributed by atoms with Crippen molar-refractivity contribution < 1.29 is 8.42 Å². The molecule has 0 saturated heterocycles. The Morgan fingerprint density at radius 1 is 1.03 bits per heavy atom. The molecule has 1 saturated carbocycles. The summed E-state index contributed by atoms with van der Waals surface area (Å²) in [4.78, 5) is 8.73. The lowest BCUT2D eigenvalue weighted by Crippen LogP contribution is -2.12. The highest BCUT2D eigenvalue weighted by molar-refractivity contribution is 7.90. The van der Waals surface area contributed by atoms with Gasteiger partial charge in [-0.3, -0.25) is 0 Å². The Hall–Kier alpha value is -3.07. The summed E-state index contributed by atoms with van der Waals surface area (Å²) in [5.74, 6) is 0.428. The van der Waals surface area contributed by atoms with Crippen LogP contribution in [-0.4, -0.2) is 26.9 Å². The average Bonchev–Trinajstić information content (AvgIpc) is 3.59. The number of rotatable bonds is 4. The molecular formula is C25H21Cl2N5O2S. The minimum atomic E-state index is -3.95. The molecule has 10 heteroatoms. The highest BCUT2D eigenvalue weighted by atomic mass is 35.5. The Kier molecular flexibility index (Phi) is 5.28. The van der Waals surface area contributed by atoms with Gasteiger partial charge in [-0.2, -0.15) is 0 Å². The molecule has 6 rings (SSSR count). The van der Waals surface area contributed by atoms with E-state index >= 15 is 0 Å². The van der Waals surface area contributed by atoms with Gasteiger partial charge >= 0.3 is 0 Å². The van der Waals surface area contributed by atoms with Crippen LogP contribution < -0.4 is 5.73 Å². The maximum absolute atomic E-state index is 13.4. The lowest BCUT2D eigenvalue weighted by Gasteiger charge is -2.12. The Morgan fingerprint density at radius 2 is 1.83 bits per heavy atom. The lowest BCUT2D eigenvalue weighted by atomic mass is 10.0. The van der Waals surface area contributed by atoms with Crippen molar-refractivity contribution in [3.05, 3.63) is 71.2 Å². The van der Waals surface area contributed by atoms with Crippen molar-refractivity contribution in [1.82, 2.24) is 18.5 Å². The van der Waals surface area contributed by atoms with Crippen LogP contribution in [-0.2, 0) is 10.0 Å². The van der Waals surface area contributed by atoms with Gasteiger partial charge in [0.25, 0.3) is 10.0 Å². The normalized spacial score (nSPS) is 14.9. The van der Waals surface area contributed by atoms with Gasteiger partial charge in [-0.1, -0.05) is 48.2 Å². The first-order valence-corrected chi connectivity index (χ1v) is 13.5. The Labute approximate surface area is 212 Å². The maximum Gasteiger partial charge on any atom is 0.269 e. The van der Waals surface area contributed by atoms with Crippen molar-refractivity contribution in [1.29, 1.82) is 0 Å². The van der Waals surface area contributed by atoms with E-state index in [2.05, 4.69) is 20.7 Å². The zero-order chi connectivity index (χ0) is 24.3. The van der Waals surface area contributed by atoms with Gasteiger partial charge in [-0.25, -0.2) is 22.4 Å². The number of aromatic nitrogens is 4. The van der Waals surface area contributed by atoms with E-state index < -0.39 is 10.0 Å². The van der Waals surface area contributed by atoms with Crippen molar-refractivity contribution in [2.24, 2.45) is 0 Å². The van der Waals surface area contributed by atoms with E-state index in [0.29, 0.717) is 17.4 Å². The van der Waals surface area contributed by atoms with E-state index in [9.17, 15) is 8.42 Å². The Bertz CT molecular complexity index is 1720. The van der Waals surface area contributed by atoms with E-state index in [1.165, 1.54) is 35.4 Å². The van der Waals surface area contributed by atoms with Gasteiger partial charge in [0, 0.05) is 29.4 Å². The van der Waals surface area contributed by atoms with Crippen LogP contribution in [0, 0.1) is 0 Å². The van der Waals surface area contributed by atoms with Crippen molar-refractivity contribution in [2.75, 3.05) is 5.73 Å². The SMILES string of the molecule is Nc1ncnc2c1c(-c1ccc3c(ccn3S(=O)(=O)c3cccc(Cl)c3Cl)c1)cn2C1CCCC1. The summed E-state index contributed by atoms with van der Waals surface area (Å²) < 4.78 is 30.2. The molecule has 178 valence electrons. The number of hydrogen-bond donors (Lipinski definition) is 1. The summed E-state index contributed by atoms with van der Waals surface area (Å²) in [6.07, 6.45) is 9.75. The molecule has 0 aliphatic heterocycles. The molecule has 7 nitrogen and oxygen atoms in total. The summed E-state index contributed by atoms with van der Waals surface area (Å²) >= 11 is 12.3. The van der Waals surface area contributed by atoms with Crippen molar-refractivity contribution >= 4 is 61.0 Å². The van der Waals surface area contributed by atoms with Gasteiger partial charge in [0.2, 0.25) is 0 Å². The van der Waals surface area contributed by atoms with Crippen molar-refractivity contribution in [3.8, 4) is 11.1 Å². The first kappa shape index (κ1) is 22.4. The zero-order valence-electron chi connectivity index (χ0n) is 18.5. The largest absolute Gasteiger partial charge is 0.383 e. The second kappa shape index (κ2) is 8.26. The third kappa shape index (κ3) is 3.51. The predicted octanol–water partition coefficient (Wildman–Crippen LogP) is 6.29. The van der Waals surface area contributed by atoms with Crippen molar-refractivity contribution in [2.45, 2.75) is 36.6 Å². The van der Waals surface area contributed by atoms with E-state index in [4.69, 9.17) is 28.9 Å². The van der Waals surface area contributed by atoms with E-state index in [1.54, 1.807) is 24.3 Å². The number of halogens is 2. The van der Waals surface area contributed by atoms with Crippen LogP contribution >= 0.6 is 23.2 Å². The fourth-order valence-corrected chi connectivity index (χ4v) is 7.17. The average molecular weight is 526 g/mol. The summed E-state index contributed by atoms with van der Waals surface area (Å²) in [5.41, 5.74) is 9.51. The van der Waals surface area contributed by atoms with Crippen LogP contribution in [0.4, 0.5) is 5.82 Å². The molecule has 0 amide bonds. The predicted molar refractivity (Wildman–Crippen MR) is 139 cm³/mol. The number of benzene rings is 2. The molecular weight excluding hydrogens is 505 g/mol. The molecule has 3 heterocycles. The smallest absolute Gasteiger partial charge is 0.269 e. The van der Waals surface area contributed by atoms with Gasteiger partial charge < -0.3 is 10.3 Å². The van der Waals surface area contributed by atoms with Gasteiger partial charge in [0.15, 0.2) is 0 Å². The van der Waals surface area contributed by atoms with Crippen LogP contribution in [0.1, 0.15) is 31.7 Å². The molecule has 0 spiro atoms. The van der Waals surface area contributed by atoms with Gasteiger partial charge in [0.1, 0.15) is 22.7 Å². The Balaban J connectivity index is 1.50. The van der Waals surface area contributed by atoms with E-state index in [1.807, 2.05) is 12.1 Å². The third-order valence-corrected chi connectivity index (χ3v) is 9.44. The summed E-state index contributed by atoms with van der Waals surface area (Å²) in [7, 11) is -3.95. The minimum absolute atomic E-state index is 0.00262. The molecule has 0 radical (unpaired) electrons. The molecule has 0 unspecified atom stereocenters. The standard InChI is InChI=1S/C25H21Cl2N5O2S/c26-19-6-3-7-21(23(19)27)35(33,34)32-11-10-16-12-15(8-9-20(16)32)18-13-31(17-4-1-2-5-17)25-22(18)24(28)29-14-30-25/h3,6-14,17H,1-2,4-5H2,(H2,28,29,30). The fourth-order valence-electron chi connectivity index (χ4n) is 5.07. The molecule has 5 aromatic rings. The topological polar surface area (TPSA) is 95.8 Å². The molecule has 35 heavy (non-hydrogen) atoms. The minimum Gasteiger partial charge on any atom is -0.383 e. The van der Waals surface area contributed by atoms with Crippen molar-refractivity contribution in [3.63, 3.8) is 0 Å². The second-order valence-electron chi connectivity index (χ2n) is 8.79. The maximum atomic E-state index is 13.4. The molecule has 3 aromatic heterocycles. The molecule has 0 atom stereocenters. The number of hydrogen-bond acceptors (Lipinski definition) is 5. The highest BCUT2D eigenvalue weighted by Crippen LogP contribution is 2.40. The van der Waals surface area contributed by atoms with Crippen LogP contribution in [0.15, 0.2) is 66.1 Å². The number of nitrogens with two attached hydrogens (primary N) is 1. The fraction of sp³-hybridized carbons (Fsp3) is 0.200. The van der Waals surface area contributed by atoms with Gasteiger partial charge in [-0.15, -0.1) is 0 Å². The summed E-state index contributed by atoms with van der Waals surface area (Å²) in [6, 6.07) is 12.4. The summed E-state index contributed by atoms with van der Waals surface area (Å²) in [5, 5.41) is 1.77. The van der Waals surface area contributed by atoms with E-state index in [0.717, 1.165) is 40.4 Å². The molecule has 0 bridgehead atoms. The van der Waals surface area contributed by atoms with Crippen LogP contribution in [0.2, 0.25) is 10.0 Å². The first-order valence-electron chi connectivity index (χ1n) is 11.3. The summed E-state index contributed by atoms with van der Waals surface area (Å²) in [6.45, 7) is 0. The number of nitrogens with zero attached hydrogens (tertiary/aromatic N) is 4. The zero-order valence-corrected chi connectivity index (χ0v) is 20.9. The third-order valence-electron chi connectivity index (χ3n) is 6.78.